The van der Waals surface area contributed by atoms with Crippen LogP contribution >= 0.6 is 0 Å². The number of ether oxygens (including phenoxy) is 1. The molecule has 0 saturated carbocycles. The van der Waals surface area contributed by atoms with Crippen molar-refractivity contribution < 1.29 is 4.74 Å². The molecule has 0 unspecified atom stereocenters. The van der Waals surface area contributed by atoms with Gasteiger partial charge >= 0.3 is 0 Å². The van der Waals surface area contributed by atoms with Gasteiger partial charge in [-0.1, -0.05) is 44.2 Å². The highest BCUT2D eigenvalue weighted by Gasteiger charge is 2.09. The first kappa shape index (κ1) is 10.8. The van der Waals surface area contributed by atoms with Crippen molar-refractivity contribution in [1.82, 2.24) is 0 Å². The summed E-state index contributed by atoms with van der Waals surface area (Å²) in [4.78, 5) is 0. The van der Waals surface area contributed by atoms with Gasteiger partial charge in [-0.15, -0.1) is 0 Å². The van der Waals surface area contributed by atoms with Gasteiger partial charge in [0.05, 0.1) is 7.11 Å². The minimum absolute atomic E-state index is 0.496. The minimum atomic E-state index is 0.496. The fourth-order valence-corrected chi connectivity index (χ4v) is 1.57. The molecule has 14 heavy (non-hydrogen) atoms. The van der Waals surface area contributed by atoms with Crippen LogP contribution in [0, 0.1) is 0 Å². The summed E-state index contributed by atoms with van der Waals surface area (Å²) in [6.07, 6.45) is 4.10. The van der Waals surface area contributed by atoms with Crippen LogP contribution in [-0.4, -0.2) is 7.11 Å². The molecule has 0 fully saturated rings. The summed E-state index contributed by atoms with van der Waals surface area (Å²) >= 11 is 0. The topological polar surface area (TPSA) is 9.23 Å². The van der Waals surface area contributed by atoms with Crippen molar-refractivity contribution >= 4 is 6.08 Å². The molecule has 0 aromatic heterocycles. The second kappa shape index (κ2) is 4.85. The van der Waals surface area contributed by atoms with E-state index in [9.17, 15) is 0 Å². The first-order valence-corrected chi connectivity index (χ1v) is 5.00. The summed E-state index contributed by atoms with van der Waals surface area (Å²) in [6.45, 7) is 6.37. The quantitative estimate of drug-likeness (QED) is 0.703. The Hall–Kier alpha value is -1.24. The Morgan fingerprint density at radius 2 is 2.00 bits per heavy atom. The summed E-state index contributed by atoms with van der Waals surface area (Å²) < 4.78 is 5.44. The van der Waals surface area contributed by atoms with Crippen molar-refractivity contribution in [2.45, 2.75) is 26.7 Å². The minimum Gasteiger partial charge on any atom is -0.496 e. The zero-order valence-electron chi connectivity index (χ0n) is 9.37. The van der Waals surface area contributed by atoms with Gasteiger partial charge in [0.15, 0.2) is 0 Å². The van der Waals surface area contributed by atoms with Crippen molar-refractivity contribution in [3.8, 4) is 5.75 Å². The Morgan fingerprint density at radius 3 is 2.50 bits per heavy atom. The highest BCUT2D eigenvalue weighted by atomic mass is 16.5. The number of rotatable bonds is 3. The number of benzene rings is 1. The molecule has 0 N–H and O–H groups in total. The first-order valence-electron chi connectivity index (χ1n) is 5.00. The molecule has 0 spiro atoms. The Bertz CT molecular complexity index is 324. The lowest BCUT2D eigenvalue weighted by Crippen LogP contribution is -1.96. The van der Waals surface area contributed by atoms with Crippen molar-refractivity contribution in [3.63, 3.8) is 0 Å². The predicted molar refractivity (Wildman–Crippen MR) is 61.8 cm³/mol. The molecule has 0 aliphatic heterocycles. The van der Waals surface area contributed by atoms with E-state index in [0.717, 1.165) is 11.3 Å². The normalized spacial score (nSPS) is 11.2. The molecule has 1 rings (SSSR count). The summed E-state index contributed by atoms with van der Waals surface area (Å²) in [5, 5.41) is 0. The van der Waals surface area contributed by atoms with Crippen molar-refractivity contribution in [1.29, 1.82) is 0 Å². The standard InChI is InChI=1S/C13H18O/c1-5-7-11-8-6-9-12(10(2)3)13(11)14-4/h5-10H,1-4H3. The maximum atomic E-state index is 5.44. The molecule has 0 atom stereocenters. The van der Waals surface area contributed by atoms with Gasteiger partial charge in [-0.2, -0.15) is 0 Å². The SMILES string of the molecule is CC=Cc1cccc(C(C)C)c1OC. The molecule has 0 aliphatic rings. The van der Waals surface area contributed by atoms with Gasteiger partial charge in [0.25, 0.3) is 0 Å². The summed E-state index contributed by atoms with van der Waals surface area (Å²) in [6, 6.07) is 6.27. The highest BCUT2D eigenvalue weighted by molar-refractivity contribution is 5.60. The molecular weight excluding hydrogens is 172 g/mol. The van der Waals surface area contributed by atoms with E-state index < -0.39 is 0 Å². The van der Waals surface area contributed by atoms with Gasteiger partial charge < -0.3 is 4.74 Å². The predicted octanol–water partition coefficient (Wildman–Crippen LogP) is 3.85. The molecular formula is C13H18O. The lowest BCUT2D eigenvalue weighted by atomic mass is 9.99. The Kier molecular flexibility index (Phi) is 3.75. The molecule has 1 aromatic rings. The molecule has 0 heterocycles. The molecule has 0 amide bonds. The van der Waals surface area contributed by atoms with Crippen LogP contribution in [0.1, 0.15) is 37.8 Å². The zero-order valence-corrected chi connectivity index (χ0v) is 9.37. The van der Waals surface area contributed by atoms with Crippen LogP contribution < -0.4 is 4.74 Å². The third-order valence-corrected chi connectivity index (χ3v) is 2.25. The van der Waals surface area contributed by atoms with Gasteiger partial charge in [-0.25, -0.2) is 0 Å². The van der Waals surface area contributed by atoms with Crippen LogP contribution in [0.4, 0.5) is 0 Å². The van der Waals surface area contributed by atoms with E-state index >= 15 is 0 Å². The maximum absolute atomic E-state index is 5.44. The molecule has 1 aromatic carbocycles. The lowest BCUT2D eigenvalue weighted by Gasteiger charge is -2.13. The van der Waals surface area contributed by atoms with Crippen LogP contribution in [0.25, 0.3) is 6.08 Å². The number of para-hydroxylation sites is 1. The molecule has 0 aliphatic carbocycles. The summed E-state index contributed by atoms with van der Waals surface area (Å²) in [7, 11) is 1.73. The van der Waals surface area contributed by atoms with Crippen LogP contribution in [0.5, 0.6) is 5.75 Å². The van der Waals surface area contributed by atoms with Crippen LogP contribution in [0.2, 0.25) is 0 Å². The van der Waals surface area contributed by atoms with Crippen LogP contribution in [-0.2, 0) is 0 Å². The van der Waals surface area contributed by atoms with Gasteiger partial charge in [0.1, 0.15) is 5.75 Å². The third-order valence-electron chi connectivity index (χ3n) is 2.25. The van der Waals surface area contributed by atoms with Crippen molar-refractivity contribution in [2.24, 2.45) is 0 Å². The number of methoxy groups -OCH3 is 1. The van der Waals surface area contributed by atoms with E-state index in [-0.39, 0.29) is 0 Å². The van der Waals surface area contributed by atoms with E-state index in [1.165, 1.54) is 5.56 Å². The Labute approximate surface area is 86.4 Å². The molecule has 76 valence electrons. The van der Waals surface area contributed by atoms with Crippen LogP contribution in [0.3, 0.4) is 0 Å². The molecule has 0 radical (unpaired) electrons. The smallest absolute Gasteiger partial charge is 0.129 e. The Morgan fingerprint density at radius 1 is 1.29 bits per heavy atom. The van der Waals surface area contributed by atoms with E-state index in [0.29, 0.717) is 5.92 Å². The summed E-state index contributed by atoms with van der Waals surface area (Å²) in [5.74, 6) is 1.50. The number of hydrogen-bond acceptors (Lipinski definition) is 1. The second-order valence-electron chi connectivity index (χ2n) is 3.62. The molecule has 0 saturated heterocycles. The highest BCUT2D eigenvalue weighted by Crippen LogP contribution is 2.30. The van der Waals surface area contributed by atoms with Gasteiger partial charge in [-0.05, 0) is 18.4 Å². The molecule has 0 bridgehead atoms. The van der Waals surface area contributed by atoms with Gasteiger partial charge in [0, 0.05) is 5.56 Å². The van der Waals surface area contributed by atoms with E-state index in [2.05, 4.69) is 38.1 Å². The number of allylic oxidation sites excluding steroid dienone is 1. The molecule has 1 nitrogen and oxygen atoms in total. The fourth-order valence-electron chi connectivity index (χ4n) is 1.57. The Balaban J connectivity index is 3.24. The average Bonchev–Trinajstić information content (AvgIpc) is 2.18. The third kappa shape index (κ3) is 2.16. The second-order valence-corrected chi connectivity index (χ2v) is 3.62. The maximum Gasteiger partial charge on any atom is 0.129 e. The van der Waals surface area contributed by atoms with E-state index in [1.54, 1.807) is 7.11 Å². The van der Waals surface area contributed by atoms with Gasteiger partial charge in [0.2, 0.25) is 0 Å². The first-order chi connectivity index (χ1) is 6.70. The average molecular weight is 190 g/mol. The molecule has 1 heteroatoms. The fraction of sp³-hybridized carbons (Fsp3) is 0.385. The van der Waals surface area contributed by atoms with E-state index in [1.807, 2.05) is 13.0 Å². The monoisotopic (exact) mass is 190 g/mol. The van der Waals surface area contributed by atoms with Gasteiger partial charge in [-0.3, -0.25) is 0 Å². The number of hydrogen-bond donors (Lipinski definition) is 0. The van der Waals surface area contributed by atoms with E-state index in [4.69, 9.17) is 4.74 Å². The lowest BCUT2D eigenvalue weighted by molar-refractivity contribution is 0.406. The van der Waals surface area contributed by atoms with Crippen molar-refractivity contribution in [2.75, 3.05) is 7.11 Å². The van der Waals surface area contributed by atoms with Crippen LogP contribution in [0.15, 0.2) is 24.3 Å². The largest absolute Gasteiger partial charge is 0.496 e. The summed E-state index contributed by atoms with van der Waals surface area (Å²) in [5.41, 5.74) is 2.42. The zero-order chi connectivity index (χ0) is 10.6. The van der Waals surface area contributed by atoms with Crippen molar-refractivity contribution in [3.05, 3.63) is 35.4 Å².